The van der Waals surface area contributed by atoms with Crippen molar-refractivity contribution in [3.63, 3.8) is 0 Å². The zero-order valence-corrected chi connectivity index (χ0v) is 13.8. The summed E-state index contributed by atoms with van der Waals surface area (Å²) in [4.78, 5) is 12.5. The normalized spacial score (nSPS) is 12.7. The lowest BCUT2D eigenvalue weighted by Gasteiger charge is -2.12. The Labute approximate surface area is 142 Å². The first kappa shape index (κ1) is 16.5. The van der Waals surface area contributed by atoms with Crippen molar-refractivity contribution in [2.75, 3.05) is 20.3 Å². The highest BCUT2D eigenvalue weighted by atomic mass is 16.5. The van der Waals surface area contributed by atoms with Gasteiger partial charge in [0, 0.05) is 26.7 Å². The lowest BCUT2D eigenvalue weighted by Crippen LogP contribution is -2.23. The number of carbonyl (C=O) groups is 1. The van der Waals surface area contributed by atoms with Gasteiger partial charge in [-0.25, -0.2) is 0 Å². The Balaban J connectivity index is 1.62. The molecule has 1 aliphatic rings. The third kappa shape index (κ3) is 3.93. The number of fused-ring (bicyclic) bond motifs is 1. The van der Waals surface area contributed by atoms with Crippen molar-refractivity contribution in [3.05, 3.63) is 64.7 Å². The maximum absolute atomic E-state index is 12.5. The first-order valence-corrected chi connectivity index (χ1v) is 8.08. The molecule has 0 unspecified atom stereocenters. The molecule has 5 nitrogen and oxygen atoms in total. The fraction of sp³-hybridized carbons (Fsp3) is 0.316. The second kappa shape index (κ2) is 7.95. The van der Waals surface area contributed by atoms with Gasteiger partial charge in [-0.1, -0.05) is 30.3 Å². The van der Waals surface area contributed by atoms with E-state index >= 15 is 0 Å². The molecule has 3 rings (SSSR count). The van der Waals surface area contributed by atoms with E-state index in [0.29, 0.717) is 31.1 Å². The van der Waals surface area contributed by atoms with Crippen molar-refractivity contribution in [2.24, 2.45) is 0 Å². The molecule has 2 N–H and O–H groups in total. The number of hydrogen-bond donors (Lipinski definition) is 2. The van der Waals surface area contributed by atoms with E-state index in [-0.39, 0.29) is 5.91 Å². The van der Waals surface area contributed by atoms with Gasteiger partial charge in [0.05, 0.1) is 12.2 Å². The summed E-state index contributed by atoms with van der Waals surface area (Å²) in [5.41, 5.74) is 4.28. The molecule has 0 radical (unpaired) electrons. The molecule has 0 atom stereocenters. The number of amides is 1. The Morgan fingerprint density at radius 1 is 1.12 bits per heavy atom. The molecular weight excluding hydrogens is 304 g/mol. The summed E-state index contributed by atoms with van der Waals surface area (Å²) in [5.74, 6) is 0.437. The Hall–Kier alpha value is -2.37. The zero-order valence-electron chi connectivity index (χ0n) is 13.8. The highest BCUT2D eigenvalue weighted by Crippen LogP contribution is 2.19. The lowest BCUT2D eigenvalue weighted by atomic mass is 10.1. The highest BCUT2D eigenvalue weighted by molar-refractivity contribution is 5.96. The summed E-state index contributed by atoms with van der Waals surface area (Å²) < 4.78 is 10.6. The lowest BCUT2D eigenvalue weighted by molar-refractivity contribution is 0.0943. The first-order chi connectivity index (χ1) is 11.8. The van der Waals surface area contributed by atoms with Crippen LogP contribution in [0.3, 0.4) is 0 Å². The van der Waals surface area contributed by atoms with Gasteiger partial charge in [0.15, 0.2) is 0 Å². The molecule has 126 valence electrons. The van der Waals surface area contributed by atoms with Gasteiger partial charge in [-0.05, 0) is 28.8 Å². The Morgan fingerprint density at radius 2 is 1.96 bits per heavy atom. The maximum Gasteiger partial charge on any atom is 0.255 e. The number of carbonyl (C=O) groups excluding carboxylic acids is 1. The highest BCUT2D eigenvalue weighted by Gasteiger charge is 2.13. The topological polar surface area (TPSA) is 59.6 Å². The van der Waals surface area contributed by atoms with Crippen molar-refractivity contribution in [2.45, 2.75) is 19.6 Å². The average molecular weight is 326 g/mol. The smallest absolute Gasteiger partial charge is 0.255 e. The van der Waals surface area contributed by atoms with E-state index in [4.69, 9.17) is 9.47 Å². The summed E-state index contributed by atoms with van der Waals surface area (Å²) in [6.45, 7) is 3.22. The summed E-state index contributed by atoms with van der Waals surface area (Å²) in [6, 6.07) is 13.6. The summed E-state index contributed by atoms with van der Waals surface area (Å²) in [6.07, 6.45) is 0. The molecule has 0 bridgehead atoms. The van der Waals surface area contributed by atoms with Crippen molar-refractivity contribution in [1.29, 1.82) is 0 Å². The largest absolute Gasteiger partial charge is 0.490 e. The SMILES string of the molecule is COCCOc1ccccc1C(=O)NCc1ccc2c(c1)CNC2. The molecule has 24 heavy (non-hydrogen) atoms. The molecule has 1 aliphatic heterocycles. The van der Waals surface area contributed by atoms with Crippen LogP contribution < -0.4 is 15.4 Å². The van der Waals surface area contributed by atoms with E-state index < -0.39 is 0 Å². The molecule has 0 aromatic heterocycles. The van der Waals surface area contributed by atoms with Gasteiger partial charge in [-0.3, -0.25) is 4.79 Å². The predicted octanol–water partition coefficient (Wildman–Crippen LogP) is 2.25. The first-order valence-electron chi connectivity index (χ1n) is 8.08. The van der Waals surface area contributed by atoms with E-state index in [9.17, 15) is 4.79 Å². The van der Waals surface area contributed by atoms with Crippen LogP contribution in [-0.4, -0.2) is 26.2 Å². The van der Waals surface area contributed by atoms with Crippen molar-refractivity contribution in [3.8, 4) is 5.75 Å². The van der Waals surface area contributed by atoms with Gasteiger partial charge in [-0.2, -0.15) is 0 Å². The van der Waals surface area contributed by atoms with Crippen LogP contribution in [0.4, 0.5) is 0 Å². The molecule has 0 saturated carbocycles. The quantitative estimate of drug-likeness (QED) is 0.766. The van der Waals surface area contributed by atoms with Crippen LogP contribution in [0, 0.1) is 0 Å². The van der Waals surface area contributed by atoms with Crippen molar-refractivity contribution in [1.82, 2.24) is 10.6 Å². The Morgan fingerprint density at radius 3 is 2.83 bits per heavy atom. The Kier molecular flexibility index (Phi) is 5.46. The fourth-order valence-corrected chi connectivity index (χ4v) is 2.75. The summed E-state index contributed by atoms with van der Waals surface area (Å²) in [5, 5.41) is 6.29. The second-order valence-corrected chi connectivity index (χ2v) is 5.73. The van der Waals surface area contributed by atoms with Crippen LogP contribution in [-0.2, 0) is 24.4 Å². The number of nitrogens with one attached hydrogen (secondary N) is 2. The monoisotopic (exact) mass is 326 g/mol. The van der Waals surface area contributed by atoms with Crippen molar-refractivity contribution < 1.29 is 14.3 Å². The zero-order chi connectivity index (χ0) is 16.8. The van der Waals surface area contributed by atoms with Crippen LogP contribution in [0.15, 0.2) is 42.5 Å². The van der Waals surface area contributed by atoms with Gasteiger partial charge < -0.3 is 20.1 Å². The minimum Gasteiger partial charge on any atom is -0.490 e. The molecule has 0 saturated heterocycles. The minimum absolute atomic E-state index is 0.137. The van der Waals surface area contributed by atoms with Crippen LogP contribution in [0.5, 0.6) is 5.75 Å². The van der Waals surface area contributed by atoms with Gasteiger partial charge >= 0.3 is 0 Å². The predicted molar refractivity (Wildman–Crippen MR) is 92.0 cm³/mol. The molecule has 1 amide bonds. The van der Waals surface area contributed by atoms with Crippen molar-refractivity contribution >= 4 is 5.91 Å². The number of hydrogen-bond acceptors (Lipinski definition) is 4. The molecule has 0 fully saturated rings. The van der Waals surface area contributed by atoms with Gasteiger partial charge in [-0.15, -0.1) is 0 Å². The van der Waals surface area contributed by atoms with Gasteiger partial charge in [0.1, 0.15) is 12.4 Å². The van der Waals surface area contributed by atoms with Gasteiger partial charge in [0.25, 0.3) is 5.91 Å². The number of benzene rings is 2. The molecular formula is C19H22N2O3. The second-order valence-electron chi connectivity index (χ2n) is 5.73. The van der Waals surface area contributed by atoms with Crippen LogP contribution in [0.25, 0.3) is 0 Å². The van der Waals surface area contributed by atoms with E-state index in [0.717, 1.165) is 18.7 Å². The fourth-order valence-electron chi connectivity index (χ4n) is 2.75. The number of ether oxygens (including phenoxy) is 2. The number of methoxy groups -OCH3 is 1. The summed E-state index contributed by atoms with van der Waals surface area (Å²) in [7, 11) is 1.62. The molecule has 5 heteroatoms. The molecule has 0 spiro atoms. The number of rotatable bonds is 7. The average Bonchev–Trinajstić information content (AvgIpc) is 3.08. The molecule has 2 aromatic rings. The molecule has 1 heterocycles. The molecule has 0 aliphatic carbocycles. The minimum atomic E-state index is -0.137. The van der Waals surface area contributed by atoms with E-state index in [1.807, 2.05) is 12.1 Å². The van der Waals surface area contributed by atoms with Crippen LogP contribution >= 0.6 is 0 Å². The third-order valence-electron chi connectivity index (χ3n) is 4.03. The van der Waals surface area contributed by atoms with Crippen LogP contribution in [0.1, 0.15) is 27.0 Å². The third-order valence-corrected chi connectivity index (χ3v) is 4.03. The Bertz CT molecular complexity index is 716. The summed E-state index contributed by atoms with van der Waals surface area (Å²) >= 11 is 0. The van der Waals surface area contributed by atoms with E-state index in [2.05, 4.69) is 28.8 Å². The van der Waals surface area contributed by atoms with Gasteiger partial charge in [0.2, 0.25) is 0 Å². The standard InChI is InChI=1S/C19H22N2O3/c1-23-8-9-24-18-5-3-2-4-17(18)19(22)21-11-14-6-7-15-12-20-13-16(15)10-14/h2-7,10,20H,8-9,11-13H2,1H3,(H,21,22). The van der Waals surface area contributed by atoms with E-state index in [1.165, 1.54) is 11.1 Å². The maximum atomic E-state index is 12.5. The number of para-hydroxylation sites is 1. The van der Waals surface area contributed by atoms with Crippen LogP contribution in [0.2, 0.25) is 0 Å². The molecule has 2 aromatic carbocycles. The van der Waals surface area contributed by atoms with E-state index in [1.54, 1.807) is 19.2 Å².